The van der Waals surface area contributed by atoms with Crippen molar-refractivity contribution in [2.24, 2.45) is 5.92 Å². The number of nitrogens with zero attached hydrogens (tertiary/aromatic N) is 1. The predicted octanol–water partition coefficient (Wildman–Crippen LogP) is 2.08. The highest BCUT2D eigenvalue weighted by atomic mass is 16.2. The Kier molecular flexibility index (Phi) is 4.68. The van der Waals surface area contributed by atoms with E-state index in [9.17, 15) is 19.2 Å². The van der Waals surface area contributed by atoms with Gasteiger partial charge in [-0.15, -0.1) is 0 Å². The first-order chi connectivity index (χ1) is 13.1. The van der Waals surface area contributed by atoms with E-state index >= 15 is 0 Å². The number of nitrogens with one attached hydrogen (secondary N) is 2. The number of anilines is 1. The first-order valence-electron chi connectivity index (χ1n) is 9.64. The average Bonchev–Trinajstić information content (AvgIpc) is 2.93. The molecule has 3 aliphatic rings. The van der Waals surface area contributed by atoms with Crippen molar-refractivity contribution in [2.75, 3.05) is 11.9 Å². The zero-order valence-electron chi connectivity index (χ0n) is 15.1. The van der Waals surface area contributed by atoms with Gasteiger partial charge in [0.25, 0.3) is 11.8 Å². The highest BCUT2D eigenvalue weighted by Crippen LogP contribution is 2.33. The molecule has 0 radical (unpaired) electrons. The summed E-state index contributed by atoms with van der Waals surface area (Å²) in [5.74, 6) is -1.31. The molecule has 4 amide bonds. The van der Waals surface area contributed by atoms with Gasteiger partial charge in [0.15, 0.2) is 0 Å². The number of rotatable bonds is 4. The van der Waals surface area contributed by atoms with E-state index in [1.54, 1.807) is 18.2 Å². The van der Waals surface area contributed by atoms with Crippen LogP contribution >= 0.6 is 0 Å². The van der Waals surface area contributed by atoms with Gasteiger partial charge in [-0.2, -0.15) is 0 Å². The van der Waals surface area contributed by atoms with Gasteiger partial charge >= 0.3 is 0 Å². The first kappa shape index (κ1) is 17.7. The maximum atomic E-state index is 13.0. The molecule has 1 aromatic rings. The summed E-state index contributed by atoms with van der Waals surface area (Å²) in [6.07, 6.45) is 6.40. The fourth-order valence-corrected chi connectivity index (χ4v) is 4.31. The molecule has 2 aliphatic heterocycles. The molecule has 2 heterocycles. The molecule has 0 bridgehead atoms. The van der Waals surface area contributed by atoms with E-state index in [-0.39, 0.29) is 18.7 Å². The van der Waals surface area contributed by atoms with E-state index < -0.39 is 23.8 Å². The number of fused-ring (bicyclic) bond motifs is 1. The number of piperidine rings is 1. The second kappa shape index (κ2) is 7.13. The number of carbonyl (C=O) groups excluding carboxylic acids is 4. The van der Waals surface area contributed by atoms with Gasteiger partial charge in [0, 0.05) is 18.7 Å². The van der Waals surface area contributed by atoms with Crippen LogP contribution in [0.3, 0.4) is 0 Å². The Bertz CT molecular complexity index is 813. The van der Waals surface area contributed by atoms with Crippen LogP contribution in [0.5, 0.6) is 0 Å². The van der Waals surface area contributed by atoms with Crippen LogP contribution in [0, 0.1) is 5.92 Å². The van der Waals surface area contributed by atoms with Crippen LogP contribution in [-0.2, 0) is 9.59 Å². The van der Waals surface area contributed by atoms with Gasteiger partial charge in [0.1, 0.15) is 6.04 Å². The molecule has 1 saturated heterocycles. The molecule has 4 rings (SSSR count). The van der Waals surface area contributed by atoms with Gasteiger partial charge in [0.05, 0.1) is 11.1 Å². The zero-order chi connectivity index (χ0) is 19.0. The fraction of sp³-hybridized carbons (Fsp3) is 0.500. The quantitative estimate of drug-likeness (QED) is 0.792. The Hall–Kier alpha value is -2.70. The second-order valence-corrected chi connectivity index (χ2v) is 7.56. The Morgan fingerprint density at radius 2 is 1.78 bits per heavy atom. The molecule has 1 unspecified atom stereocenters. The van der Waals surface area contributed by atoms with Crippen molar-refractivity contribution in [3.63, 3.8) is 0 Å². The van der Waals surface area contributed by atoms with Gasteiger partial charge in [-0.3, -0.25) is 29.4 Å². The first-order valence-corrected chi connectivity index (χ1v) is 9.64. The van der Waals surface area contributed by atoms with Gasteiger partial charge in [-0.25, -0.2) is 0 Å². The molecule has 0 aromatic heterocycles. The topological polar surface area (TPSA) is 95.6 Å². The molecule has 1 aliphatic carbocycles. The fourth-order valence-electron chi connectivity index (χ4n) is 4.31. The van der Waals surface area contributed by atoms with E-state index in [0.29, 0.717) is 22.7 Å². The smallest absolute Gasteiger partial charge is 0.264 e. The molecule has 2 fully saturated rings. The summed E-state index contributed by atoms with van der Waals surface area (Å²) in [6, 6.07) is 4.25. The van der Waals surface area contributed by atoms with Crippen LogP contribution in [0.15, 0.2) is 18.2 Å². The lowest BCUT2D eigenvalue weighted by Gasteiger charge is -2.28. The number of carbonyl (C=O) groups is 4. The number of hydrogen-bond acceptors (Lipinski definition) is 5. The van der Waals surface area contributed by atoms with Crippen molar-refractivity contribution in [3.8, 4) is 0 Å². The Labute approximate surface area is 157 Å². The maximum Gasteiger partial charge on any atom is 0.264 e. The minimum Gasteiger partial charge on any atom is -0.384 e. The van der Waals surface area contributed by atoms with Crippen LogP contribution in [-0.4, -0.2) is 41.1 Å². The van der Waals surface area contributed by atoms with Gasteiger partial charge in [0.2, 0.25) is 11.8 Å². The minimum atomic E-state index is -0.929. The third kappa shape index (κ3) is 3.22. The molecule has 2 N–H and O–H groups in total. The number of benzene rings is 1. The summed E-state index contributed by atoms with van der Waals surface area (Å²) in [5.41, 5.74) is 1.30. The van der Waals surface area contributed by atoms with Gasteiger partial charge < -0.3 is 5.32 Å². The lowest BCUT2D eigenvalue weighted by atomic mass is 9.89. The summed E-state index contributed by atoms with van der Waals surface area (Å²) in [5, 5.41) is 5.57. The molecule has 27 heavy (non-hydrogen) atoms. The molecule has 1 atom stereocenters. The molecule has 1 aromatic carbocycles. The van der Waals surface area contributed by atoms with Crippen LogP contribution in [0.1, 0.15) is 65.7 Å². The lowest BCUT2D eigenvalue weighted by Crippen LogP contribution is -2.54. The van der Waals surface area contributed by atoms with E-state index in [2.05, 4.69) is 10.6 Å². The Balaban J connectivity index is 1.55. The minimum absolute atomic E-state index is 0.122. The van der Waals surface area contributed by atoms with E-state index in [0.717, 1.165) is 11.4 Å². The largest absolute Gasteiger partial charge is 0.384 e. The number of amides is 4. The monoisotopic (exact) mass is 369 g/mol. The molecule has 1 saturated carbocycles. The maximum absolute atomic E-state index is 13.0. The summed E-state index contributed by atoms with van der Waals surface area (Å²) >= 11 is 0. The number of imide groups is 2. The highest BCUT2D eigenvalue weighted by Gasteiger charge is 2.45. The average molecular weight is 369 g/mol. The summed E-state index contributed by atoms with van der Waals surface area (Å²) < 4.78 is 0. The molecule has 7 heteroatoms. The van der Waals surface area contributed by atoms with Crippen LogP contribution in [0.25, 0.3) is 0 Å². The normalized spacial score (nSPS) is 23.4. The molecular weight excluding hydrogens is 346 g/mol. The second-order valence-electron chi connectivity index (χ2n) is 7.56. The van der Waals surface area contributed by atoms with Crippen molar-refractivity contribution in [2.45, 2.75) is 51.0 Å². The molecule has 142 valence electrons. The third-order valence-corrected chi connectivity index (χ3v) is 5.77. The van der Waals surface area contributed by atoms with E-state index in [1.807, 2.05) is 0 Å². The Morgan fingerprint density at radius 3 is 2.52 bits per heavy atom. The van der Waals surface area contributed by atoms with Crippen molar-refractivity contribution >= 4 is 29.3 Å². The van der Waals surface area contributed by atoms with E-state index in [4.69, 9.17) is 0 Å². The van der Waals surface area contributed by atoms with Gasteiger partial charge in [-0.1, -0.05) is 25.3 Å². The molecular formula is C20H23N3O4. The van der Waals surface area contributed by atoms with Gasteiger partial charge in [-0.05, 0) is 37.3 Å². The Morgan fingerprint density at radius 1 is 1.00 bits per heavy atom. The summed E-state index contributed by atoms with van der Waals surface area (Å²) in [6.45, 7) is 0.774. The van der Waals surface area contributed by atoms with E-state index in [1.165, 1.54) is 32.1 Å². The summed E-state index contributed by atoms with van der Waals surface area (Å²) in [4.78, 5) is 50.4. The number of hydrogen-bond donors (Lipinski definition) is 2. The van der Waals surface area contributed by atoms with Crippen LogP contribution in [0.2, 0.25) is 0 Å². The van der Waals surface area contributed by atoms with Crippen molar-refractivity contribution in [1.29, 1.82) is 0 Å². The predicted molar refractivity (Wildman–Crippen MR) is 98.2 cm³/mol. The van der Waals surface area contributed by atoms with Crippen LogP contribution in [0.4, 0.5) is 5.69 Å². The SMILES string of the molecule is O=C1CCC(N2C(=O)c3cccc(NCC4CCCCC4)c3C2=O)C(=O)N1. The lowest BCUT2D eigenvalue weighted by molar-refractivity contribution is -0.136. The van der Waals surface area contributed by atoms with Crippen molar-refractivity contribution in [3.05, 3.63) is 29.3 Å². The van der Waals surface area contributed by atoms with Crippen molar-refractivity contribution < 1.29 is 19.2 Å². The molecule has 7 nitrogen and oxygen atoms in total. The standard InChI is InChI=1S/C20H23N3O4/c24-16-10-9-15(18(25)22-16)23-19(26)13-7-4-8-14(17(13)20(23)27)21-11-12-5-2-1-3-6-12/h4,7-8,12,15,21H,1-3,5-6,9-11H2,(H,22,24,25). The van der Waals surface area contributed by atoms with Crippen molar-refractivity contribution in [1.82, 2.24) is 10.2 Å². The zero-order valence-corrected chi connectivity index (χ0v) is 15.1. The highest BCUT2D eigenvalue weighted by molar-refractivity contribution is 6.25. The van der Waals surface area contributed by atoms with Crippen LogP contribution < -0.4 is 10.6 Å². The molecule has 0 spiro atoms. The summed E-state index contributed by atoms with van der Waals surface area (Å²) in [7, 11) is 0. The third-order valence-electron chi connectivity index (χ3n) is 5.77.